The van der Waals surface area contributed by atoms with Gasteiger partial charge in [0.2, 0.25) is 0 Å². The predicted octanol–water partition coefficient (Wildman–Crippen LogP) is 8.43. The molecule has 50 heavy (non-hydrogen) atoms. The normalized spacial score (nSPS) is 14.6. The van der Waals surface area contributed by atoms with Crippen LogP contribution in [0, 0.1) is 0 Å². The third-order valence-corrected chi connectivity index (χ3v) is 9.21. The van der Waals surface area contributed by atoms with Crippen LogP contribution in [0.4, 0.5) is 26.3 Å². The second kappa shape index (κ2) is 16.7. The number of hydrogen-bond donors (Lipinski definition) is 0. The molecule has 270 valence electrons. The summed E-state index contributed by atoms with van der Waals surface area (Å²) >= 11 is 2.67. The van der Waals surface area contributed by atoms with E-state index in [1.807, 2.05) is 0 Å². The van der Waals surface area contributed by atoms with Gasteiger partial charge in [-0.2, -0.15) is 26.3 Å². The van der Waals surface area contributed by atoms with Crippen molar-refractivity contribution in [2.75, 3.05) is 28.2 Å². The molecule has 0 saturated heterocycles. The molecule has 4 rings (SSSR count). The first-order valence-corrected chi connectivity index (χ1v) is 16.8. The molecule has 16 heteroatoms. The Kier molecular flexibility index (Phi) is 12.9. The van der Waals surface area contributed by atoms with Crippen LogP contribution in [0.5, 0.6) is 11.5 Å². The van der Waals surface area contributed by atoms with Gasteiger partial charge >= 0.3 is 24.3 Å². The van der Waals surface area contributed by atoms with Crippen LogP contribution < -0.4 is 9.47 Å². The molecule has 0 fully saturated rings. The molecule has 0 amide bonds. The summed E-state index contributed by atoms with van der Waals surface area (Å²) in [4.78, 5) is 30.7. The van der Waals surface area contributed by atoms with E-state index in [9.17, 15) is 35.9 Å². The molecule has 0 aliphatic carbocycles. The summed E-state index contributed by atoms with van der Waals surface area (Å²) in [6, 6.07) is 15.5. The number of hydrogen-bond acceptors (Lipinski definition) is 10. The number of rotatable bonds is 14. The number of ether oxygens (including phenoxy) is 4. The molecule has 0 radical (unpaired) electrons. The van der Waals surface area contributed by atoms with Crippen LogP contribution in [0.25, 0.3) is 0 Å². The second-order valence-corrected chi connectivity index (χ2v) is 13.4. The van der Waals surface area contributed by atoms with Crippen LogP contribution in [-0.2, 0) is 31.4 Å². The van der Waals surface area contributed by atoms with Crippen LogP contribution in [0.2, 0.25) is 0 Å². The molecule has 2 aromatic heterocycles. The van der Waals surface area contributed by atoms with Crippen molar-refractivity contribution in [3.05, 3.63) is 104 Å². The van der Waals surface area contributed by atoms with Gasteiger partial charge in [-0.3, -0.25) is 9.80 Å². The minimum atomic E-state index is -4.51. The number of esters is 2. The molecule has 0 aliphatic heterocycles. The largest absolute Gasteiger partial charge is 0.485 e. The Labute approximate surface area is 292 Å². The lowest BCUT2D eigenvalue weighted by Crippen LogP contribution is -2.41. The highest BCUT2D eigenvalue weighted by Gasteiger charge is 2.34. The van der Waals surface area contributed by atoms with E-state index in [1.54, 1.807) is 63.2 Å². The lowest BCUT2D eigenvalue weighted by molar-refractivity contribution is -0.185. The van der Waals surface area contributed by atoms with Gasteiger partial charge in [0.05, 0.1) is 11.1 Å². The standard InChI is InChI=1S/C34H34F6N2O6S2/c1-41(2)29(19-25(27-7-5-17-49-27)45-23-13-9-21(10-14-23)33(35,36)37)47-31(43)32(44)48-30(42(3)4)20-26(28-8-6-18-50-28)46-24-15-11-22(12-16-24)34(38,39)40/h5-18,25-26,29-30H,19-20H2,1-4H3. The fourth-order valence-corrected chi connectivity index (χ4v) is 6.14. The summed E-state index contributed by atoms with van der Waals surface area (Å²) in [6.07, 6.45) is -12.6. The smallest absolute Gasteiger partial charge is 0.419 e. The minimum Gasteiger partial charge on any atom is -0.485 e. The van der Waals surface area contributed by atoms with E-state index in [1.165, 1.54) is 56.7 Å². The van der Waals surface area contributed by atoms with Crippen molar-refractivity contribution in [2.24, 2.45) is 0 Å². The summed E-state index contributed by atoms with van der Waals surface area (Å²) in [7, 11) is 6.44. The molecule has 0 N–H and O–H groups in total. The van der Waals surface area contributed by atoms with E-state index in [0.717, 1.165) is 24.3 Å². The highest BCUT2D eigenvalue weighted by molar-refractivity contribution is 7.10. The monoisotopic (exact) mass is 744 g/mol. The summed E-state index contributed by atoms with van der Waals surface area (Å²) in [5.74, 6) is -2.28. The molecule has 4 aromatic rings. The lowest BCUT2D eigenvalue weighted by atomic mass is 10.1. The maximum Gasteiger partial charge on any atom is 0.419 e. The van der Waals surface area contributed by atoms with Gasteiger partial charge in [-0.15, -0.1) is 22.7 Å². The molecule has 2 heterocycles. The van der Waals surface area contributed by atoms with Crippen molar-refractivity contribution < 1.29 is 54.9 Å². The van der Waals surface area contributed by atoms with Crippen LogP contribution in [-0.4, -0.2) is 62.4 Å². The van der Waals surface area contributed by atoms with Gasteiger partial charge < -0.3 is 18.9 Å². The average molecular weight is 745 g/mol. The van der Waals surface area contributed by atoms with Crippen molar-refractivity contribution >= 4 is 34.6 Å². The van der Waals surface area contributed by atoms with E-state index >= 15 is 0 Å². The molecular weight excluding hydrogens is 711 g/mol. The third kappa shape index (κ3) is 10.9. The zero-order valence-electron chi connectivity index (χ0n) is 27.2. The minimum absolute atomic E-state index is 0.00604. The Morgan fingerprint density at radius 3 is 1.20 bits per heavy atom. The molecule has 0 spiro atoms. The van der Waals surface area contributed by atoms with Crippen molar-refractivity contribution in [2.45, 2.75) is 49.9 Å². The predicted molar refractivity (Wildman–Crippen MR) is 175 cm³/mol. The Morgan fingerprint density at radius 2 is 0.940 bits per heavy atom. The van der Waals surface area contributed by atoms with Gasteiger partial charge in [0, 0.05) is 22.6 Å². The van der Waals surface area contributed by atoms with Gasteiger partial charge in [-0.25, -0.2) is 9.59 Å². The Bertz CT molecular complexity index is 1520. The summed E-state index contributed by atoms with van der Waals surface area (Å²) < 4.78 is 102. The Morgan fingerprint density at radius 1 is 0.600 bits per heavy atom. The van der Waals surface area contributed by atoms with Crippen molar-refractivity contribution in [1.29, 1.82) is 0 Å². The zero-order valence-corrected chi connectivity index (χ0v) is 28.9. The van der Waals surface area contributed by atoms with Crippen LogP contribution in [0.15, 0.2) is 83.6 Å². The van der Waals surface area contributed by atoms with Crippen molar-refractivity contribution in [3.8, 4) is 11.5 Å². The van der Waals surface area contributed by atoms with Gasteiger partial charge in [0.1, 0.15) is 23.7 Å². The molecule has 0 saturated carbocycles. The Hall–Kier alpha value is -4.12. The molecule has 2 aromatic carbocycles. The molecule has 0 aliphatic rings. The first-order valence-electron chi connectivity index (χ1n) is 15.0. The highest BCUT2D eigenvalue weighted by atomic mass is 32.1. The summed E-state index contributed by atoms with van der Waals surface area (Å²) in [5.41, 5.74) is -1.67. The molecule has 4 atom stereocenters. The lowest BCUT2D eigenvalue weighted by Gasteiger charge is -2.30. The SMILES string of the molecule is CN(C)C(CC(Oc1ccc(C(F)(F)F)cc1)c1cccs1)OC(=O)C(=O)OC(CC(Oc1ccc(C(F)(F)F)cc1)c1cccs1)N(C)C. The van der Waals surface area contributed by atoms with Crippen LogP contribution in [0.1, 0.15) is 45.9 Å². The quantitative estimate of drug-likeness (QED) is 0.0552. The molecule has 4 unspecified atom stereocenters. The number of thiophene rings is 2. The van der Waals surface area contributed by atoms with E-state index in [-0.39, 0.29) is 24.3 Å². The molecule has 8 nitrogen and oxygen atoms in total. The van der Waals surface area contributed by atoms with Gasteiger partial charge in [-0.1, -0.05) is 12.1 Å². The first kappa shape index (κ1) is 38.7. The third-order valence-electron chi connectivity index (χ3n) is 7.28. The average Bonchev–Trinajstić information content (AvgIpc) is 3.78. The number of carbonyl (C=O) groups is 2. The van der Waals surface area contributed by atoms with Crippen LogP contribution in [0.3, 0.4) is 0 Å². The van der Waals surface area contributed by atoms with E-state index in [0.29, 0.717) is 9.75 Å². The maximum absolute atomic E-state index is 13.1. The second-order valence-electron chi connectivity index (χ2n) is 11.4. The van der Waals surface area contributed by atoms with Crippen molar-refractivity contribution in [1.82, 2.24) is 9.80 Å². The van der Waals surface area contributed by atoms with E-state index in [2.05, 4.69) is 0 Å². The molecular formula is C34H34F6N2O6S2. The fourth-order valence-electron chi connectivity index (χ4n) is 4.61. The number of halogens is 6. The summed E-state index contributed by atoms with van der Waals surface area (Å²) in [5, 5.41) is 3.58. The highest BCUT2D eigenvalue weighted by Crippen LogP contribution is 2.35. The van der Waals surface area contributed by atoms with Crippen LogP contribution >= 0.6 is 22.7 Å². The number of carbonyl (C=O) groups excluding carboxylic acids is 2. The fraction of sp³-hybridized carbons (Fsp3) is 0.353. The van der Waals surface area contributed by atoms with Gasteiger partial charge in [0.15, 0.2) is 12.5 Å². The van der Waals surface area contributed by atoms with E-state index in [4.69, 9.17) is 18.9 Å². The Balaban J connectivity index is 1.44. The topological polar surface area (TPSA) is 77.5 Å². The summed E-state index contributed by atoms with van der Waals surface area (Å²) in [6.45, 7) is 0. The van der Waals surface area contributed by atoms with E-state index < -0.39 is 60.1 Å². The number of alkyl halides is 6. The zero-order chi connectivity index (χ0) is 36.6. The van der Waals surface area contributed by atoms with Crippen molar-refractivity contribution in [3.63, 3.8) is 0 Å². The first-order chi connectivity index (χ1) is 23.5. The maximum atomic E-state index is 13.1. The number of nitrogens with zero attached hydrogens (tertiary/aromatic N) is 2. The van der Waals surface area contributed by atoms with Gasteiger partial charge in [0.25, 0.3) is 0 Å². The number of benzene rings is 2. The van der Waals surface area contributed by atoms with Gasteiger partial charge in [-0.05, 0) is 99.6 Å². The molecule has 0 bridgehead atoms.